The van der Waals surface area contributed by atoms with Crippen LogP contribution in [-0.4, -0.2) is 18.5 Å². The van der Waals surface area contributed by atoms with Crippen molar-refractivity contribution in [3.63, 3.8) is 0 Å². The summed E-state index contributed by atoms with van der Waals surface area (Å²) in [6, 6.07) is 19.4. The van der Waals surface area contributed by atoms with Gasteiger partial charge in [0, 0.05) is 18.9 Å². The van der Waals surface area contributed by atoms with Gasteiger partial charge >= 0.3 is 0 Å². The second kappa shape index (κ2) is 6.96. The minimum Gasteiger partial charge on any atom is -0.345 e. The zero-order valence-electron chi connectivity index (χ0n) is 13.6. The second-order valence-electron chi connectivity index (χ2n) is 6.77. The van der Waals surface area contributed by atoms with E-state index in [1.165, 1.54) is 29.5 Å². The molecule has 24 heavy (non-hydrogen) atoms. The third-order valence-corrected chi connectivity index (χ3v) is 4.94. The Balaban J connectivity index is 0.00000169. The quantitative estimate of drug-likeness (QED) is 0.877. The number of fused-ring (bicyclic) bond motifs is 1. The van der Waals surface area contributed by atoms with E-state index in [9.17, 15) is 4.79 Å². The van der Waals surface area contributed by atoms with Crippen molar-refractivity contribution < 1.29 is 4.79 Å². The third-order valence-electron chi connectivity index (χ3n) is 4.94. The summed E-state index contributed by atoms with van der Waals surface area (Å²) in [5.74, 6) is 0.0913. The van der Waals surface area contributed by atoms with Gasteiger partial charge in [-0.3, -0.25) is 4.79 Å². The molecule has 2 aromatic rings. The van der Waals surface area contributed by atoms with E-state index in [2.05, 4.69) is 59.2 Å². The molecular formula is C20H23ClN2O. The number of amides is 1. The van der Waals surface area contributed by atoms with E-state index in [-0.39, 0.29) is 23.9 Å². The van der Waals surface area contributed by atoms with Crippen LogP contribution in [0.3, 0.4) is 0 Å². The van der Waals surface area contributed by atoms with Crippen LogP contribution in [0.5, 0.6) is 0 Å². The van der Waals surface area contributed by atoms with E-state index in [0.717, 1.165) is 12.8 Å². The summed E-state index contributed by atoms with van der Waals surface area (Å²) in [6.07, 6.45) is 4.12. The molecular weight excluding hydrogens is 320 g/mol. The number of hydrogen-bond donors (Lipinski definition) is 2. The molecule has 126 valence electrons. The van der Waals surface area contributed by atoms with Gasteiger partial charge in [0.25, 0.3) is 0 Å². The van der Waals surface area contributed by atoms with Gasteiger partial charge < -0.3 is 10.6 Å². The number of hydrogen-bond acceptors (Lipinski definition) is 2. The minimum absolute atomic E-state index is 0. The topological polar surface area (TPSA) is 41.1 Å². The molecule has 4 rings (SSSR count). The average molecular weight is 343 g/mol. The molecule has 0 atom stereocenters. The van der Waals surface area contributed by atoms with Gasteiger partial charge in [0.05, 0.1) is 12.1 Å². The summed E-state index contributed by atoms with van der Waals surface area (Å²) < 4.78 is 0. The van der Waals surface area contributed by atoms with Gasteiger partial charge in [-0.05, 0) is 29.5 Å². The summed E-state index contributed by atoms with van der Waals surface area (Å²) in [4.78, 5) is 12.5. The van der Waals surface area contributed by atoms with E-state index >= 15 is 0 Å². The summed E-state index contributed by atoms with van der Waals surface area (Å²) in [7, 11) is 0. The van der Waals surface area contributed by atoms with E-state index in [1.807, 2.05) is 6.07 Å². The molecule has 0 saturated heterocycles. The van der Waals surface area contributed by atoms with Gasteiger partial charge in [-0.2, -0.15) is 0 Å². The number of rotatable bonds is 5. The third kappa shape index (κ3) is 3.47. The molecule has 2 N–H and O–H groups in total. The molecule has 0 spiro atoms. The molecule has 3 nitrogen and oxygen atoms in total. The standard InChI is InChI=1S/C20H22N2O.ClH/c23-19(14-21-18-10-11-18)22-20(17-8-2-1-3-9-17)12-15-6-4-5-7-16(15)13-20;/h1-9,18,21H,10-14H2,(H,22,23);1H. The maximum Gasteiger partial charge on any atom is 0.234 e. The maximum absolute atomic E-state index is 12.5. The summed E-state index contributed by atoms with van der Waals surface area (Å²) >= 11 is 0. The predicted molar refractivity (Wildman–Crippen MR) is 98.4 cm³/mol. The van der Waals surface area contributed by atoms with Crippen LogP contribution in [0.2, 0.25) is 0 Å². The van der Waals surface area contributed by atoms with Crippen LogP contribution in [0.4, 0.5) is 0 Å². The van der Waals surface area contributed by atoms with Crippen molar-refractivity contribution in [2.45, 2.75) is 37.3 Å². The Morgan fingerprint density at radius 1 is 0.958 bits per heavy atom. The lowest BCUT2D eigenvalue weighted by molar-refractivity contribution is -0.122. The lowest BCUT2D eigenvalue weighted by atomic mass is 9.86. The number of carbonyl (C=O) groups excluding carboxylic acids is 1. The Morgan fingerprint density at radius 2 is 1.54 bits per heavy atom. The molecule has 0 aliphatic heterocycles. The highest BCUT2D eigenvalue weighted by molar-refractivity contribution is 5.85. The van der Waals surface area contributed by atoms with E-state index in [0.29, 0.717) is 12.6 Å². The first-order chi connectivity index (χ1) is 11.3. The molecule has 2 aliphatic carbocycles. The fourth-order valence-corrected chi connectivity index (χ4v) is 3.57. The molecule has 0 unspecified atom stereocenters. The highest BCUT2D eigenvalue weighted by Gasteiger charge is 2.39. The first kappa shape index (κ1) is 17.0. The Hall–Kier alpha value is -1.84. The maximum atomic E-state index is 12.5. The fraction of sp³-hybridized carbons (Fsp3) is 0.350. The van der Waals surface area contributed by atoms with Crippen molar-refractivity contribution >= 4 is 18.3 Å². The Bertz CT molecular complexity index is 688. The predicted octanol–water partition coefficient (Wildman–Crippen LogP) is 2.97. The van der Waals surface area contributed by atoms with Gasteiger partial charge in [0.15, 0.2) is 0 Å². The molecule has 2 aliphatic rings. The Kier molecular flexibility index (Phi) is 4.93. The van der Waals surface area contributed by atoms with E-state index < -0.39 is 0 Å². The van der Waals surface area contributed by atoms with Crippen LogP contribution in [0, 0.1) is 0 Å². The minimum atomic E-state index is -0.312. The Morgan fingerprint density at radius 3 is 2.12 bits per heavy atom. The summed E-state index contributed by atoms with van der Waals surface area (Å²) in [5.41, 5.74) is 3.56. The van der Waals surface area contributed by atoms with E-state index in [4.69, 9.17) is 0 Å². The molecule has 1 fully saturated rings. The number of halogens is 1. The molecule has 4 heteroatoms. The first-order valence-electron chi connectivity index (χ1n) is 8.42. The largest absolute Gasteiger partial charge is 0.345 e. The van der Waals surface area contributed by atoms with Gasteiger partial charge in [0.1, 0.15) is 0 Å². The normalized spacial score (nSPS) is 17.7. The van der Waals surface area contributed by atoms with Crippen molar-refractivity contribution in [2.75, 3.05) is 6.54 Å². The van der Waals surface area contributed by atoms with Gasteiger partial charge in [-0.25, -0.2) is 0 Å². The van der Waals surface area contributed by atoms with Crippen molar-refractivity contribution in [2.24, 2.45) is 0 Å². The van der Waals surface area contributed by atoms with Crippen molar-refractivity contribution in [1.82, 2.24) is 10.6 Å². The van der Waals surface area contributed by atoms with E-state index in [1.54, 1.807) is 0 Å². The fourth-order valence-electron chi connectivity index (χ4n) is 3.57. The molecule has 1 amide bonds. The number of carbonyl (C=O) groups is 1. The summed E-state index contributed by atoms with van der Waals surface area (Å²) in [5, 5.41) is 6.65. The summed E-state index contributed by atoms with van der Waals surface area (Å²) in [6.45, 7) is 0.412. The van der Waals surface area contributed by atoms with Crippen molar-refractivity contribution in [1.29, 1.82) is 0 Å². The molecule has 0 bridgehead atoms. The number of nitrogens with one attached hydrogen (secondary N) is 2. The average Bonchev–Trinajstić information content (AvgIpc) is 3.33. The smallest absolute Gasteiger partial charge is 0.234 e. The van der Waals surface area contributed by atoms with Gasteiger partial charge in [-0.15, -0.1) is 12.4 Å². The molecule has 1 saturated carbocycles. The van der Waals surface area contributed by atoms with Crippen LogP contribution < -0.4 is 10.6 Å². The van der Waals surface area contributed by atoms with Crippen LogP contribution >= 0.6 is 12.4 Å². The molecule has 0 heterocycles. The van der Waals surface area contributed by atoms with Gasteiger partial charge in [0.2, 0.25) is 5.91 Å². The monoisotopic (exact) mass is 342 g/mol. The zero-order valence-corrected chi connectivity index (χ0v) is 14.4. The zero-order chi connectivity index (χ0) is 15.7. The van der Waals surface area contributed by atoms with Crippen LogP contribution in [0.1, 0.15) is 29.5 Å². The van der Waals surface area contributed by atoms with Crippen LogP contribution in [0.15, 0.2) is 54.6 Å². The molecule has 0 aromatic heterocycles. The second-order valence-corrected chi connectivity index (χ2v) is 6.77. The van der Waals surface area contributed by atoms with Crippen LogP contribution in [0.25, 0.3) is 0 Å². The SMILES string of the molecule is Cl.O=C(CNC1CC1)NC1(c2ccccc2)Cc2ccccc2C1. The Labute approximate surface area is 149 Å². The highest BCUT2D eigenvalue weighted by atomic mass is 35.5. The lowest BCUT2D eigenvalue weighted by Gasteiger charge is -2.31. The number of benzene rings is 2. The molecule has 0 radical (unpaired) electrons. The highest BCUT2D eigenvalue weighted by Crippen LogP contribution is 2.37. The van der Waals surface area contributed by atoms with Crippen molar-refractivity contribution in [3.8, 4) is 0 Å². The van der Waals surface area contributed by atoms with Crippen molar-refractivity contribution in [3.05, 3.63) is 71.3 Å². The van der Waals surface area contributed by atoms with Gasteiger partial charge in [-0.1, -0.05) is 54.6 Å². The molecule has 2 aromatic carbocycles. The van der Waals surface area contributed by atoms with Crippen LogP contribution in [-0.2, 0) is 23.2 Å². The first-order valence-corrected chi connectivity index (χ1v) is 8.42. The lowest BCUT2D eigenvalue weighted by Crippen LogP contribution is -2.49.